The number of alkyl halides is 3. The molecule has 0 radical (unpaired) electrons. The summed E-state index contributed by atoms with van der Waals surface area (Å²) in [7, 11) is 0. The number of hydrogen-bond acceptors (Lipinski definition) is 5. The highest BCUT2D eigenvalue weighted by Gasteiger charge is 2.46. The molecule has 1 aromatic carbocycles. The van der Waals surface area contributed by atoms with Gasteiger partial charge in [-0.2, -0.15) is 18.4 Å². The molecule has 3 rings (SSSR count). The van der Waals surface area contributed by atoms with Crippen LogP contribution in [0.3, 0.4) is 0 Å². The zero-order valence-corrected chi connectivity index (χ0v) is 15.4. The summed E-state index contributed by atoms with van der Waals surface area (Å²) in [5, 5.41) is 17.8. The first-order valence-corrected chi connectivity index (χ1v) is 9.14. The number of hydrogen-bond donors (Lipinski definition) is 1. The molecule has 1 aromatic rings. The Hall–Kier alpha value is -2.38. The van der Waals surface area contributed by atoms with Gasteiger partial charge in [0, 0.05) is 19.0 Å². The Balaban J connectivity index is 1.60. The Morgan fingerprint density at radius 2 is 2.10 bits per heavy atom. The Morgan fingerprint density at radius 1 is 1.41 bits per heavy atom. The summed E-state index contributed by atoms with van der Waals surface area (Å²) < 4.78 is 62.4. The molecule has 6 nitrogen and oxygen atoms in total. The lowest BCUT2D eigenvalue weighted by molar-refractivity contribution is -0.215. The van der Waals surface area contributed by atoms with Crippen LogP contribution in [-0.4, -0.2) is 60.3 Å². The Bertz CT molecular complexity index is 800. The largest absolute Gasteiger partial charge is 0.434 e. The first-order chi connectivity index (χ1) is 13.7. The fourth-order valence-electron chi connectivity index (χ4n) is 3.82. The van der Waals surface area contributed by atoms with Crippen LogP contribution in [-0.2, 0) is 9.47 Å². The summed E-state index contributed by atoms with van der Waals surface area (Å²) in [6.07, 6.45) is -7.32. The normalized spacial score (nSPS) is 22.3. The molecule has 1 spiro atoms. The molecular weight excluding hydrogens is 396 g/mol. The number of piperidine rings is 1. The van der Waals surface area contributed by atoms with Gasteiger partial charge in [0.2, 0.25) is 6.10 Å². The van der Waals surface area contributed by atoms with Crippen LogP contribution in [0.5, 0.6) is 0 Å². The maximum Gasteiger partial charge on any atom is 0.427 e. The Morgan fingerprint density at radius 3 is 2.69 bits per heavy atom. The van der Waals surface area contributed by atoms with Crippen molar-refractivity contribution >= 4 is 6.09 Å². The van der Waals surface area contributed by atoms with Gasteiger partial charge in [0.1, 0.15) is 5.82 Å². The molecule has 0 aromatic heterocycles. The third-order valence-corrected chi connectivity index (χ3v) is 5.48. The number of aliphatic hydroxyl groups is 1. The van der Waals surface area contributed by atoms with Crippen LogP contribution in [0.15, 0.2) is 18.2 Å². The molecule has 29 heavy (non-hydrogen) atoms. The molecule has 2 saturated heterocycles. The second-order valence-electron chi connectivity index (χ2n) is 7.33. The SMILES string of the molecule is N#Cc1ccc(F)c(C2COC3(CCN(C(=O)O[C@H](CO)C(F)(F)F)CC3)C2)c1. The maximum atomic E-state index is 14.2. The fraction of sp³-hybridized carbons (Fsp3) is 0.579. The van der Waals surface area contributed by atoms with Gasteiger partial charge in [-0.15, -0.1) is 0 Å². The molecule has 2 atom stereocenters. The van der Waals surface area contributed by atoms with E-state index in [9.17, 15) is 22.4 Å². The zero-order valence-electron chi connectivity index (χ0n) is 15.4. The van der Waals surface area contributed by atoms with E-state index in [-0.39, 0.29) is 25.6 Å². The van der Waals surface area contributed by atoms with Crippen LogP contribution in [0.1, 0.15) is 36.3 Å². The fourth-order valence-corrected chi connectivity index (χ4v) is 3.82. The maximum absolute atomic E-state index is 14.2. The van der Waals surface area contributed by atoms with Crippen molar-refractivity contribution in [2.45, 2.75) is 43.1 Å². The van der Waals surface area contributed by atoms with Gasteiger partial charge in [-0.05, 0) is 43.0 Å². The summed E-state index contributed by atoms with van der Waals surface area (Å²) >= 11 is 0. The molecule has 2 aliphatic rings. The van der Waals surface area contributed by atoms with Gasteiger partial charge < -0.3 is 19.5 Å². The highest BCUT2D eigenvalue weighted by Crippen LogP contribution is 2.43. The summed E-state index contributed by atoms with van der Waals surface area (Å²) in [5.41, 5.74) is 0.151. The van der Waals surface area contributed by atoms with E-state index in [4.69, 9.17) is 15.1 Å². The van der Waals surface area contributed by atoms with Gasteiger partial charge in [-0.25, -0.2) is 9.18 Å². The predicted octanol–water partition coefficient (Wildman–Crippen LogP) is 3.10. The molecule has 1 amide bonds. The molecule has 2 fully saturated rings. The number of amides is 1. The highest BCUT2D eigenvalue weighted by atomic mass is 19.4. The number of benzene rings is 1. The van der Waals surface area contributed by atoms with Crippen molar-refractivity contribution in [2.24, 2.45) is 0 Å². The molecule has 2 heterocycles. The highest BCUT2D eigenvalue weighted by molar-refractivity contribution is 5.68. The van der Waals surface area contributed by atoms with Gasteiger partial charge in [0.25, 0.3) is 0 Å². The first-order valence-electron chi connectivity index (χ1n) is 9.14. The van der Waals surface area contributed by atoms with E-state index in [1.807, 2.05) is 6.07 Å². The van der Waals surface area contributed by atoms with Crippen molar-refractivity contribution in [3.8, 4) is 6.07 Å². The molecule has 158 valence electrons. The quantitative estimate of drug-likeness (QED) is 0.766. The van der Waals surface area contributed by atoms with E-state index in [2.05, 4.69) is 4.74 Å². The molecular formula is C19H20F4N2O4. The number of carbonyl (C=O) groups excluding carboxylic acids is 1. The Labute approximate surface area is 164 Å². The van der Waals surface area contributed by atoms with Gasteiger partial charge in [0.15, 0.2) is 0 Å². The summed E-state index contributed by atoms with van der Waals surface area (Å²) in [6, 6.07) is 6.12. The average molecular weight is 416 g/mol. The lowest BCUT2D eigenvalue weighted by Gasteiger charge is -2.38. The lowest BCUT2D eigenvalue weighted by Crippen LogP contribution is -2.48. The second-order valence-corrected chi connectivity index (χ2v) is 7.33. The van der Waals surface area contributed by atoms with E-state index in [1.165, 1.54) is 18.2 Å². The molecule has 2 aliphatic heterocycles. The van der Waals surface area contributed by atoms with Crippen molar-refractivity contribution < 1.29 is 36.9 Å². The van der Waals surface area contributed by atoms with Crippen molar-refractivity contribution in [1.82, 2.24) is 4.90 Å². The van der Waals surface area contributed by atoms with E-state index in [0.29, 0.717) is 30.4 Å². The predicted molar refractivity (Wildman–Crippen MR) is 91.4 cm³/mol. The van der Waals surface area contributed by atoms with Crippen LogP contribution in [0.4, 0.5) is 22.4 Å². The minimum atomic E-state index is -4.84. The van der Waals surface area contributed by atoms with Crippen molar-refractivity contribution in [3.05, 3.63) is 35.1 Å². The number of ether oxygens (including phenoxy) is 2. The van der Waals surface area contributed by atoms with Crippen LogP contribution >= 0.6 is 0 Å². The van der Waals surface area contributed by atoms with E-state index >= 15 is 0 Å². The zero-order chi connectivity index (χ0) is 21.2. The summed E-state index contributed by atoms with van der Waals surface area (Å²) in [5.74, 6) is -0.663. The number of aliphatic hydroxyl groups excluding tert-OH is 1. The minimum absolute atomic E-state index is 0.127. The average Bonchev–Trinajstić information content (AvgIpc) is 3.09. The third-order valence-electron chi connectivity index (χ3n) is 5.48. The van der Waals surface area contributed by atoms with Crippen LogP contribution in [0, 0.1) is 17.1 Å². The smallest absolute Gasteiger partial charge is 0.427 e. The van der Waals surface area contributed by atoms with Gasteiger partial charge in [0.05, 0.1) is 30.4 Å². The monoisotopic (exact) mass is 416 g/mol. The van der Waals surface area contributed by atoms with Crippen molar-refractivity contribution in [3.63, 3.8) is 0 Å². The van der Waals surface area contributed by atoms with E-state index in [1.54, 1.807) is 0 Å². The number of halogens is 4. The second kappa shape index (κ2) is 8.16. The topological polar surface area (TPSA) is 82.8 Å². The van der Waals surface area contributed by atoms with Gasteiger partial charge >= 0.3 is 12.3 Å². The van der Waals surface area contributed by atoms with Crippen molar-refractivity contribution in [1.29, 1.82) is 5.26 Å². The van der Waals surface area contributed by atoms with Crippen LogP contribution in [0.2, 0.25) is 0 Å². The molecule has 1 unspecified atom stereocenters. The Kier molecular flexibility index (Phi) is 6.00. The summed E-state index contributed by atoms with van der Waals surface area (Å²) in [6.45, 7) is -0.827. The number of likely N-dealkylation sites (tertiary alicyclic amines) is 1. The van der Waals surface area contributed by atoms with Gasteiger partial charge in [-0.1, -0.05) is 0 Å². The van der Waals surface area contributed by atoms with E-state index < -0.39 is 36.4 Å². The molecule has 0 saturated carbocycles. The molecule has 10 heteroatoms. The van der Waals surface area contributed by atoms with E-state index in [0.717, 1.165) is 4.90 Å². The third kappa shape index (κ3) is 4.62. The lowest BCUT2D eigenvalue weighted by atomic mass is 9.83. The molecule has 0 bridgehead atoms. The number of nitriles is 1. The van der Waals surface area contributed by atoms with Crippen molar-refractivity contribution in [2.75, 3.05) is 26.3 Å². The van der Waals surface area contributed by atoms with Crippen LogP contribution < -0.4 is 0 Å². The molecule has 1 N–H and O–H groups in total. The van der Waals surface area contributed by atoms with Gasteiger partial charge in [-0.3, -0.25) is 0 Å². The first kappa shape index (κ1) is 21.3. The molecule has 0 aliphatic carbocycles. The minimum Gasteiger partial charge on any atom is -0.434 e. The summed E-state index contributed by atoms with van der Waals surface area (Å²) in [4.78, 5) is 13.1. The van der Waals surface area contributed by atoms with Crippen LogP contribution in [0.25, 0.3) is 0 Å². The number of carbonyl (C=O) groups is 1. The number of rotatable bonds is 3. The number of nitrogens with zero attached hydrogens (tertiary/aromatic N) is 2. The standard InChI is InChI=1S/C19H20F4N2O4/c20-15-2-1-12(9-24)7-14(15)13-8-18(28-11-13)3-5-25(6-4-18)17(27)29-16(10-26)19(21,22)23/h1-2,7,13,16,26H,3-6,8,10-11H2/t13?,16-/m1/s1.